The van der Waals surface area contributed by atoms with Crippen LogP contribution in [-0.2, 0) is 11.2 Å². The van der Waals surface area contributed by atoms with Crippen molar-refractivity contribution in [2.24, 2.45) is 0 Å². The predicted molar refractivity (Wildman–Crippen MR) is 127 cm³/mol. The lowest BCUT2D eigenvalue weighted by atomic mass is 10.0. The number of piperazine rings is 1. The van der Waals surface area contributed by atoms with E-state index in [1.54, 1.807) is 6.20 Å². The molecule has 0 bridgehead atoms. The molecule has 1 aliphatic rings. The minimum absolute atomic E-state index is 0.206. The van der Waals surface area contributed by atoms with E-state index in [4.69, 9.17) is 0 Å². The third-order valence-corrected chi connectivity index (χ3v) is 5.89. The third-order valence-electron chi connectivity index (χ3n) is 5.89. The number of fused-ring (bicyclic) bond motifs is 1. The van der Waals surface area contributed by atoms with Crippen LogP contribution in [0.15, 0.2) is 67.0 Å². The zero-order valence-corrected chi connectivity index (χ0v) is 18.4. The minimum Gasteiger partial charge on any atom is -0.464 e. The third kappa shape index (κ3) is 4.32. The zero-order valence-electron chi connectivity index (χ0n) is 18.4. The van der Waals surface area contributed by atoms with Crippen LogP contribution in [0.1, 0.15) is 21.7 Å². The van der Waals surface area contributed by atoms with E-state index in [1.165, 1.54) is 18.9 Å². The lowest BCUT2D eigenvalue weighted by Gasteiger charge is -2.36. The van der Waals surface area contributed by atoms with E-state index in [1.807, 2.05) is 18.2 Å². The summed E-state index contributed by atoms with van der Waals surface area (Å²) in [6.45, 7) is 3.12. The molecule has 0 spiro atoms. The van der Waals surface area contributed by atoms with E-state index in [0.29, 0.717) is 0 Å². The average Bonchev–Trinajstić information content (AvgIpc) is 2.89. The predicted octanol–water partition coefficient (Wildman–Crippen LogP) is 3.12. The molecular weight excluding hydrogens is 416 g/mol. The Labute approximate surface area is 191 Å². The fourth-order valence-corrected chi connectivity index (χ4v) is 4.14. The molecule has 0 aliphatic carbocycles. The van der Waals surface area contributed by atoms with Crippen molar-refractivity contribution in [1.82, 2.24) is 20.2 Å². The van der Waals surface area contributed by atoms with Crippen LogP contribution in [0.5, 0.6) is 0 Å². The monoisotopic (exact) mass is 440 g/mol. The second kappa shape index (κ2) is 9.20. The van der Waals surface area contributed by atoms with E-state index >= 15 is 0 Å². The van der Waals surface area contributed by atoms with Crippen LogP contribution < -0.4 is 9.80 Å². The number of anilines is 2. The summed E-state index contributed by atoms with van der Waals surface area (Å²) in [5.74, 6) is 1.17. The van der Waals surface area contributed by atoms with Crippen molar-refractivity contribution in [3.05, 3.63) is 83.9 Å². The van der Waals surface area contributed by atoms with Crippen molar-refractivity contribution in [3.8, 4) is 0 Å². The van der Waals surface area contributed by atoms with Gasteiger partial charge in [-0.3, -0.25) is 0 Å². The van der Waals surface area contributed by atoms with Crippen molar-refractivity contribution in [1.29, 1.82) is 0 Å². The van der Waals surface area contributed by atoms with Crippen LogP contribution in [0, 0.1) is 0 Å². The van der Waals surface area contributed by atoms with Crippen LogP contribution in [0.3, 0.4) is 0 Å². The Morgan fingerprint density at radius 1 is 0.848 bits per heavy atom. The molecule has 166 valence electrons. The van der Waals surface area contributed by atoms with Gasteiger partial charge in [-0.1, -0.05) is 54.6 Å². The van der Waals surface area contributed by atoms with Gasteiger partial charge in [-0.05, 0) is 5.56 Å². The number of nitrogens with zero attached hydrogens (tertiary/aromatic N) is 6. The Kier molecular flexibility index (Phi) is 5.80. The van der Waals surface area contributed by atoms with Gasteiger partial charge < -0.3 is 14.5 Å². The molecule has 4 aromatic rings. The van der Waals surface area contributed by atoms with Gasteiger partial charge in [-0.2, -0.15) is 5.10 Å². The van der Waals surface area contributed by atoms with Crippen LogP contribution in [0.25, 0.3) is 10.8 Å². The van der Waals surface area contributed by atoms with E-state index in [-0.39, 0.29) is 5.69 Å². The Morgan fingerprint density at radius 2 is 1.55 bits per heavy atom. The van der Waals surface area contributed by atoms with Crippen LogP contribution in [-0.4, -0.2) is 59.4 Å². The molecule has 1 fully saturated rings. The number of rotatable bonds is 5. The Bertz CT molecular complexity index is 1260. The lowest BCUT2D eigenvalue weighted by molar-refractivity contribution is 0.0593. The molecule has 2 aromatic carbocycles. The molecule has 33 heavy (non-hydrogen) atoms. The molecule has 8 nitrogen and oxygen atoms in total. The number of aromatic nitrogens is 4. The van der Waals surface area contributed by atoms with Gasteiger partial charge in [0.15, 0.2) is 11.5 Å². The van der Waals surface area contributed by atoms with Gasteiger partial charge >= 0.3 is 5.97 Å². The first-order valence-corrected chi connectivity index (χ1v) is 10.9. The highest BCUT2D eigenvalue weighted by molar-refractivity contribution is 5.93. The van der Waals surface area contributed by atoms with E-state index in [0.717, 1.165) is 60.7 Å². The molecule has 8 heteroatoms. The summed E-state index contributed by atoms with van der Waals surface area (Å²) in [5.41, 5.74) is 2.41. The zero-order chi connectivity index (χ0) is 22.6. The van der Waals surface area contributed by atoms with Gasteiger partial charge in [-0.25, -0.2) is 14.8 Å². The summed E-state index contributed by atoms with van der Waals surface area (Å²) >= 11 is 0. The molecule has 0 radical (unpaired) electrons. The van der Waals surface area contributed by atoms with Crippen molar-refractivity contribution in [2.45, 2.75) is 6.42 Å². The van der Waals surface area contributed by atoms with Gasteiger partial charge in [-0.15, -0.1) is 5.10 Å². The highest BCUT2D eigenvalue weighted by atomic mass is 16.5. The molecule has 1 saturated heterocycles. The van der Waals surface area contributed by atoms with Crippen LogP contribution in [0.4, 0.5) is 11.6 Å². The number of hydrogen-bond donors (Lipinski definition) is 0. The highest BCUT2D eigenvalue weighted by Crippen LogP contribution is 2.28. The quantitative estimate of drug-likeness (QED) is 0.438. The maximum atomic E-state index is 11.6. The maximum absolute atomic E-state index is 11.6. The van der Waals surface area contributed by atoms with Gasteiger partial charge in [0, 0.05) is 43.4 Å². The Balaban J connectivity index is 1.33. The van der Waals surface area contributed by atoms with Gasteiger partial charge in [0.25, 0.3) is 0 Å². The summed E-state index contributed by atoms with van der Waals surface area (Å²) in [6.07, 6.45) is 3.83. The summed E-state index contributed by atoms with van der Waals surface area (Å²) < 4.78 is 4.69. The van der Waals surface area contributed by atoms with Crippen molar-refractivity contribution in [3.63, 3.8) is 0 Å². The molecule has 0 saturated carbocycles. The van der Waals surface area contributed by atoms with E-state index < -0.39 is 5.97 Å². The molecule has 0 N–H and O–H groups in total. The molecule has 2 aromatic heterocycles. The first-order chi connectivity index (χ1) is 16.2. The van der Waals surface area contributed by atoms with Crippen LogP contribution in [0.2, 0.25) is 0 Å². The first kappa shape index (κ1) is 20.8. The maximum Gasteiger partial charge on any atom is 0.358 e. The largest absolute Gasteiger partial charge is 0.464 e. The van der Waals surface area contributed by atoms with Crippen molar-refractivity contribution < 1.29 is 9.53 Å². The SMILES string of the molecule is COC(=O)c1cnc(N2CCN(c3nnc(Cc4ccccc4)c4ccccc34)CC2)cn1. The van der Waals surface area contributed by atoms with E-state index in [9.17, 15) is 4.79 Å². The summed E-state index contributed by atoms with van der Waals surface area (Å²) in [7, 11) is 1.33. The number of carbonyl (C=O) groups is 1. The number of methoxy groups -OCH3 is 1. The number of hydrogen-bond acceptors (Lipinski definition) is 8. The molecule has 0 unspecified atom stereocenters. The molecular formula is C25H24N6O2. The second-order valence-electron chi connectivity index (χ2n) is 7.90. The second-order valence-corrected chi connectivity index (χ2v) is 7.90. The van der Waals surface area contributed by atoms with Gasteiger partial charge in [0.1, 0.15) is 5.82 Å². The molecule has 3 heterocycles. The highest BCUT2D eigenvalue weighted by Gasteiger charge is 2.22. The number of carbonyl (C=O) groups excluding carboxylic acids is 1. The summed E-state index contributed by atoms with van der Waals surface area (Å²) in [6, 6.07) is 18.7. The Morgan fingerprint density at radius 3 is 2.24 bits per heavy atom. The topological polar surface area (TPSA) is 84.3 Å². The first-order valence-electron chi connectivity index (χ1n) is 10.9. The number of benzene rings is 2. The summed E-state index contributed by atoms with van der Waals surface area (Å²) in [5, 5.41) is 11.5. The smallest absolute Gasteiger partial charge is 0.358 e. The van der Waals surface area contributed by atoms with Crippen LogP contribution >= 0.6 is 0 Å². The standard InChI is InChI=1S/C25H24N6O2/c1-33-25(32)22-16-27-23(17-26-22)30-11-13-31(14-12-30)24-20-10-6-5-9-19(20)21(28-29-24)15-18-7-3-2-4-8-18/h2-10,16-17H,11-15H2,1H3. The van der Waals surface area contributed by atoms with Gasteiger partial charge in [0.05, 0.1) is 25.2 Å². The number of ether oxygens (including phenoxy) is 1. The Hall–Kier alpha value is -4.07. The van der Waals surface area contributed by atoms with E-state index in [2.05, 4.69) is 71.1 Å². The fourth-order valence-electron chi connectivity index (χ4n) is 4.14. The molecule has 1 aliphatic heterocycles. The number of esters is 1. The molecule has 0 amide bonds. The molecule has 5 rings (SSSR count). The lowest BCUT2D eigenvalue weighted by Crippen LogP contribution is -2.47. The fraction of sp³-hybridized carbons (Fsp3) is 0.240. The molecule has 0 atom stereocenters. The normalized spacial score (nSPS) is 13.8. The van der Waals surface area contributed by atoms with Crippen molar-refractivity contribution >= 4 is 28.4 Å². The van der Waals surface area contributed by atoms with Crippen molar-refractivity contribution in [2.75, 3.05) is 43.1 Å². The summed E-state index contributed by atoms with van der Waals surface area (Å²) in [4.78, 5) is 24.6. The average molecular weight is 441 g/mol. The van der Waals surface area contributed by atoms with Gasteiger partial charge in [0.2, 0.25) is 0 Å². The minimum atomic E-state index is -0.486.